The molecule has 2 saturated heterocycles. The molecule has 2 aliphatic heterocycles. The van der Waals surface area contributed by atoms with Crippen LogP contribution < -0.4 is 0 Å². The van der Waals surface area contributed by atoms with Crippen LogP contribution in [0.2, 0.25) is 0 Å². The van der Waals surface area contributed by atoms with Crippen LogP contribution in [-0.2, 0) is 32.2 Å². The van der Waals surface area contributed by atoms with Crippen molar-refractivity contribution in [3.05, 3.63) is 54.2 Å². The molecular weight excluding hydrogens is 542 g/mol. The summed E-state index contributed by atoms with van der Waals surface area (Å²) >= 11 is 0. The minimum atomic E-state index is -5.08. The van der Waals surface area contributed by atoms with Crippen molar-refractivity contribution in [3.8, 4) is 0 Å². The third-order valence-corrected chi connectivity index (χ3v) is 5.92. The normalized spacial score (nSPS) is 21.4. The van der Waals surface area contributed by atoms with Gasteiger partial charge in [-0.05, 0) is 37.0 Å². The zero-order valence-corrected chi connectivity index (χ0v) is 20.6. The van der Waals surface area contributed by atoms with E-state index in [9.17, 15) is 26.3 Å². The lowest BCUT2D eigenvalue weighted by Crippen LogP contribution is -2.56. The van der Waals surface area contributed by atoms with Gasteiger partial charge in [-0.3, -0.25) is 9.88 Å². The third kappa shape index (κ3) is 10.8. The Hall–Kier alpha value is -3.17. The van der Waals surface area contributed by atoms with Crippen molar-refractivity contribution in [3.63, 3.8) is 0 Å². The Morgan fingerprint density at radius 2 is 1.77 bits per heavy atom. The van der Waals surface area contributed by atoms with E-state index in [1.54, 1.807) is 12.5 Å². The highest BCUT2D eigenvalue weighted by Crippen LogP contribution is 2.41. The van der Waals surface area contributed by atoms with Crippen LogP contribution in [0.1, 0.15) is 30.4 Å². The molecule has 218 valence electrons. The predicted molar refractivity (Wildman–Crippen MR) is 121 cm³/mol. The van der Waals surface area contributed by atoms with Crippen LogP contribution in [0.15, 0.2) is 47.5 Å². The molecule has 2 atom stereocenters. The number of aliphatic carboxylic acids is 2. The second-order valence-electron chi connectivity index (χ2n) is 8.92. The summed E-state index contributed by atoms with van der Waals surface area (Å²) in [5.41, 5.74) is 2.46. The molecule has 4 heterocycles. The average molecular weight is 570 g/mol. The molecule has 4 rings (SSSR count). The van der Waals surface area contributed by atoms with Gasteiger partial charge in [0.2, 0.25) is 0 Å². The summed E-state index contributed by atoms with van der Waals surface area (Å²) in [4.78, 5) is 24.5. The first-order chi connectivity index (χ1) is 18.2. The van der Waals surface area contributed by atoms with E-state index in [4.69, 9.17) is 33.7 Å². The standard InChI is InChI=1S/C20H26N2O3.2C2HF3O2/c1-3-17(11-21-7-1)13-24-16-20-6-2-9-25-19(20)4-8-22(15-20)12-18-5-10-23-14-18;2*3-2(4,5)1(6)7/h1,3,5,7,10-11,14,19H,2,4,6,8-9,12-13,15-16H2;2*(H,6,7). The predicted octanol–water partition coefficient (Wildman–Crippen LogP) is 4.53. The lowest BCUT2D eigenvalue weighted by Gasteiger charge is -2.50. The van der Waals surface area contributed by atoms with Gasteiger partial charge in [0.1, 0.15) is 0 Å². The minimum absolute atomic E-state index is 0.0996. The zero-order chi connectivity index (χ0) is 29.1. The van der Waals surface area contributed by atoms with Gasteiger partial charge in [-0.25, -0.2) is 9.59 Å². The van der Waals surface area contributed by atoms with Crippen molar-refractivity contribution in [2.45, 2.75) is 50.9 Å². The van der Waals surface area contributed by atoms with E-state index < -0.39 is 24.3 Å². The summed E-state index contributed by atoms with van der Waals surface area (Å²) in [5, 5.41) is 14.2. The van der Waals surface area contributed by atoms with Crippen LogP contribution in [-0.4, -0.2) is 76.8 Å². The average Bonchev–Trinajstić information content (AvgIpc) is 3.37. The molecule has 9 nitrogen and oxygen atoms in total. The van der Waals surface area contributed by atoms with Gasteiger partial charge >= 0.3 is 24.3 Å². The number of aromatic nitrogens is 1. The van der Waals surface area contributed by atoms with Crippen LogP contribution in [0.25, 0.3) is 0 Å². The fraction of sp³-hybridized carbons (Fsp3) is 0.542. The lowest BCUT2D eigenvalue weighted by atomic mass is 9.73. The zero-order valence-electron chi connectivity index (χ0n) is 20.6. The number of carboxylic acids is 2. The minimum Gasteiger partial charge on any atom is -0.475 e. The number of rotatable bonds is 6. The van der Waals surface area contributed by atoms with Gasteiger partial charge < -0.3 is 24.1 Å². The molecule has 39 heavy (non-hydrogen) atoms. The number of hydrogen-bond acceptors (Lipinski definition) is 7. The molecule has 2 unspecified atom stereocenters. The van der Waals surface area contributed by atoms with Crippen molar-refractivity contribution in [2.75, 3.05) is 26.3 Å². The van der Waals surface area contributed by atoms with Gasteiger partial charge in [0, 0.05) is 49.6 Å². The van der Waals surface area contributed by atoms with E-state index >= 15 is 0 Å². The molecule has 0 saturated carbocycles. The van der Waals surface area contributed by atoms with E-state index in [0.717, 1.165) is 51.3 Å². The number of pyridine rings is 1. The van der Waals surface area contributed by atoms with E-state index in [0.29, 0.717) is 12.7 Å². The van der Waals surface area contributed by atoms with Gasteiger partial charge in [-0.2, -0.15) is 26.3 Å². The Bertz CT molecular complexity index is 994. The van der Waals surface area contributed by atoms with Crippen molar-refractivity contribution < 1.29 is 60.0 Å². The topological polar surface area (TPSA) is 122 Å². The molecule has 0 aromatic carbocycles. The second-order valence-corrected chi connectivity index (χ2v) is 8.92. The number of furan rings is 1. The van der Waals surface area contributed by atoms with Gasteiger partial charge in [0.15, 0.2) is 0 Å². The molecule has 0 amide bonds. The van der Waals surface area contributed by atoms with Crippen LogP contribution in [0.4, 0.5) is 26.3 Å². The maximum absolute atomic E-state index is 10.6. The van der Waals surface area contributed by atoms with Crippen molar-refractivity contribution in [1.82, 2.24) is 9.88 Å². The quantitative estimate of drug-likeness (QED) is 0.483. The monoisotopic (exact) mass is 570 g/mol. The van der Waals surface area contributed by atoms with Crippen molar-refractivity contribution in [2.24, 2.45) is 5.41 Å². The molecule has 2 N–H and O–H groups in total. The Labute approximate surface area is 219 Å². The van der Waals surface area contributed by atoms with E-state index in [1.165, 1.54) is 12.0 Å². The fourth-order valence-corrected chi connectivity index (χ4v) is 4.22. The number of hydrogen-bond donors (Lipinski definition) is 2. The lowest BCUT2D eigenvalue weighted by molar-refractivity contribution is -0.193. The summed E-state index contributed by atoms with van der Waals surface area (Å²) < 4.78 is 81.0. The van der Waals surface area contributed by atoms with Crippen LogP contribution in [0.5, 0.6) is 0 Å². The number of piperidine rings is 1. The highest BCUT2D eigenvalue weighted by Gasteiger charge is 2.46. The largest absolute Gasteiger partial charge is 0.490 e. The van der Waals surface area contributed by atoms with Gasteiger partial charge in [0.05, 0.1) is 31.8 Å². The first-order valence-corrected chi connectivity index (χ1v) is 11.6. The number of likely N-dealkylation sites (tertiary alicyclic amines) is 1. The van der Waals surface area contributed by atoms with Crippen LogP contribution in [0, 0.1) is 5.41 Å². The molecule has 2 aromatic rings. The van der Waals surface area contributed by atoms with E-state index in [1.807, 2.05) is 18.5 Å². The molecule has 0 bridgehead atoms. The van der Waals surface area contributed by atoms with Crippen molar-refractivity contribution in [1.29, 1.82) is 0 Å². The van der Waals surface area contributed by atoms with E-state index in [2.05, 4.69) is 22.0 Å². The first kappa shape index (κ1) is 32.0. The highest BCUT2D eigenvalue weighted by atomic mass is 19.4. The maximum Gasteiger partial charge on any atom is 0.490 e. The Morgan fingerprint density at radius 1 is 1.10 bits per heavy atom. The summed E-state index contributed by atoms with van der Waals surface area (Å²) in [5.74, 6) is -5.51. The molecule has 0 spiro atoms. The van der Waals surface area contributed by atoms with Crippen molar-refractivity contribution >= 4 is 11.9 Å². The summed E-state index contributed by atoms with van der Waals surface area (Å²) in [6.45, 7) is 5.28. The molecule has 0 aliphatic carbocycles. The summed E-state index contributed by atoms with van der Waals surface area (Å²) in [6, 6.07) is 6.07. The van der Waals surface area contributed by atoms with Gasteiger partial charge in [-0.1, -0.05) is 6.07 Å². The number of carboxylic acid groups (broad SMARTS) is 2. The number of alkyl halides is 6. The van der Waals surface area contributed by atoms with Gasteiger partial charge in [0.25, 0.3) is 0 Å². The third-order valence-electron chi connectivity index (χ3n) is 5.92. The molecule has 15 heteroatoms. The molecule has 0 radical (unpaired) electrons. The molecule has 2 aromatic heterocycles. The SMILES string of the molecule is O=C(O)C(F)(F)F.O=C(O)C(F)(F)F.c1cncc(COCC23CCCOC2CCN(Cc2ccoc2)C3)c1. The number of ether oxygens (including phenoxy) is 2. The second kappa shape index (κ2) is 14.3. The van der Waals surface area contributed by atoms with Crippen LogP contribution >= 0.6 is 0 Å². The molecule has 2 aliphatic rings. The Balaban J connectivity index is 0.000000317. The smallest absolute Gasteiger partial charge is 0.475 e. The number of nitrogens with zero attached hydrogens (tertiary/aromatic N) is 2. The highest BCUT2D eigenvalue weighted by molar-refractivity contribution is 5.73. The van der Waals surface area contributed by atoms with Crippen LogP contribution in [0.3, 0.4) is 0 Å². The first-order valence-electron chi connectivity index (χ1n) is 11.6. The number of carbonyl (C=O) groups is 2. The fourth-order valence-electron chi connectivity index (χ4n) is 4.22. The maximum atomic E-state index is 10.6. The van der Waals surface area contributed by atoms with E-state index in [-0.39, 0.29) is 5.41 Å². The van der Waals surface area contributed by atoms with Gasteiger partial charge in [-0.15, -0.1) is 0 Å². The molecular formula is C24H28F6N2O7. The Kier molecular flexibility index (Phi) is 11.7. The summed E-state index contributed by atoms with van der Waals surface area (Å²) in [7, 11) is 0. The molecule has 2 fully saturated rings. The number of fused-ring (bicyclic) bond motifs is 1. The Morgan fingerprint density at radius 3 is 2.31 bits per heavy atom. The summed E-state index contributed by atoms with van der Waals surface area (Å²) in [6.07, 6.45) is 0.775. The number of halogens is 6.